The maximum atomic E-state index is 13.1. The molecule has 1 aliphatic heterocycles. The van der Waals surface area contributed by atoms with Crippen LogP contribution >= 0.6 is 0 Å². The lowest BCUT2D eigenvalue weighted by Gasteiger charge is -2.29. The van der Waals surface area contributed by atoms with Gasteiger partial charge in [0.2, 0.25) is 0 Å². The highest BCUT2D eigenvalue weighted by molar-refractivity contribution is 5.94. The zero-order chi connectivity index (χ0) is 17.4. The van der Waals surface area contributed by atoms with Crippen LogP contribution in [0.1, 0.15) is 21.5 Å². The molecule has 3 heterocycles. The van der Waals surface area contributed by atoms with E-state index >= 15 is 0 Å². The Labute approximate surface area is 143 Å². The van der Waals surface area contributed by atoms with Gasteiger partial charge in [-0.15, -0.1) is 0 Å². The van der Waals surface area contributed by atoms with Crippen molar-refractivity contribution in [1.29, 1.82) is 0 Å². The maximum absolute atomic E-state index is 13.1. The molecular weight excluding hydrogens is 321 g/mol. The van der Waals surface area contributed by atoms with Crippen molar-refractivity contribution in [3.63, 3.8) is 0 Å². The van der Waals surface area contributed by atoms with Crippen LogP contribution in [0.25, 0.3) is 5.69 Å². The minimum Gasteiger partial charge on any atom is -0.367 e. The molecule has 0 radical (unpaired) electrons. The molecule has 0 spiro atoms. The molecule has 2 aromatic heterocycles. The summed E-state index contributed by atoms with van der Waals surface area (Å²) in [5.41, 5.74) is 2.95. The van der Waals surface area contributed by atoms with E-state index in [2.05, 4.69) is 4.98 Å². The normalized spacial score (nSPS) is 13.6. The summed E-state index contributed by atoms with van der Waals surface area (Å²) in [6.45, 7) is 1.03. The van der Waals surface area contributed by atoms with Crippen molar-refractivity contribution in [2.45, 2.75) is 13.0 Å². The van der Waals surface area contributed by atoms with Gasteiger partial charge < -0.3 is 9.88 Å². The number of carbonyl (C=O) groups excluding carboxylic acids is 1. The first-order valence-corrected chi connectivity index (χ1v) is 8.04. The number of amides is 1. The van der Waals surface area contributed by atoms with Crippen LogP contribution in [0.4, 0.5) is 4.39 Å². The predicted octanol–water partition coefficient (Wildman–Crippen LogP) is 2.50. The molecule has 0 fully saturated rings. The van der Waals surface area contributed by atoms with Crippen molar-refractivity contribution >= 4 is 5.91 Å². The van der Waals surface area contributed by atoms with Crippen LogP contribution < -0.4 is 5.56 Å². The number of nitrogens with one attached hydrogen (secondary N) is 1. The molecule has 0 bridgehead atoms. The van der Waals surface area contributed by atoms with Gasteiger partial charge in [0.1, 0.15) is 5.82 Å². The highest BCUT2D eigenvalue weighted by Gasteiger charge is 2.23. The van der Waals surface area contributed by atoms with E-state index < -0.39 is 0 Å². The Balaban J connectivity index is 1.67. The number of hydrogen-bond donors (Lipinski definition) is 1. The van der Waals surface area contributed by atoms with Crippen LogP contribution in [-0.2, 0) is 13.0 Å². The number of carbonyl (C=O) groups is 1. The Kier molecular flexibility index (Phi) is 3.72. The molecule has 1 N–H and O–H groups in total. The third-order valence-electron chi connectivity index (χ3n) is 4.48. The molecule has 126 valence electrons. The summed E-state index contributed by atoms with van der Waals surface area (Å²) in [4.78, 5) is 29.5. The summed E-state index contributed by atoms with van der Waals surface area (Å²) in [6, 6.07) is 9.13. The number of halogens is 1. The van der Waals surface area contributed by atoms with Crippen molar-refractivity contribution in [2.24, 2.45) is 0 Å². The first-order chi connectivity index (χ1) is 12.1. The number of rotatable bonds is 2. The molecule has 4 rings (SSSR count). The molecule has 3 aromatic rings. The van der Waals surface area contributed by atoms with E-state index in [1.54, 1.807) is 47.8 Å². The number of aromatic amines is 1. The zero-order valence-corrected chi connectivity index (χ0v) is 13.4. The van der Waals surface area contributed by atoms with Gasteiger partial charge in [0.15, 0.2) is 0 Å². The van der Waals surface area contributed by atoms with Gasteiger partial charge in [0, 0.05) is 43.4 Å². The summed E-state index contributed by atoms with van der Waals surface area (Å²) >= 11 is 0. The fourth-order valence-corrected chi connectivity index (χ4v) is 3.15. The van der Waals surface area contributed by atoms with Crippen LogP contribution in [-0.4, -0.2) is 26.9 Å². The second-order valence-corrected chi connectivity index (χ2v) is 6.08. The monoisotopic (exact) mass is 337 g/mol. The fraction of sp³-hybridized carbons (Fsp3) is 0.158. The molecule has 0 atom stereocenters. The topological polar surface area (TPSA) is 58.1 Å². The van der Waals surface area contributed by atoms with Crippen molar-refractivity contribution in [3.05, 3.63) is 87.9 Å². The molecule has 1 amide bonds. The molecule has 5 nitrogen and oxygen atoms in total. The summed E-state index contributed by atoms with van der Waals surface area (Å²) in [5, 5.41) is 0. The molecule has 0 aliphatic carbocycles. The molecular formula is C19H16FN3O2. The van der Waals surface area contributed by atoms with Gasteiger partial charge in [-0.05, 0) is 47.9 Å². The Hall–Kier alpha value is -3.15. The SMILES string of the molecule is O=C(c1cc[nH]c1)N1CCc2cc(=O)n(-c3ccc(F)cc3)cc2C1. The van der Waals surface area contributed by atoms with E-state index in [9.17, 15) is 14.0 Å². The van der Waals surface area contributed by atoms with E-state index in [1.807, 2.05) is 0 Å². The standard InChI is InChI=1S/C19H16FN3O2/c20-16-1-3-17(4-2-16)23-12-15-11-22(8-6-13(15)9-18(23)24)19(25)14-5-7-21-10-14/h1-5,7,9-10,12,21H,6,8,11H2. The average Bonchev–Trinajstić information content (AvgIpc) is 3.15. The van der Waals surface area contributed by atoms with Crippen LogP contribution in [0.2, 0.25) is 0 Å². The summed E-state index contributed by atoms with van der Waals surface area (Å²) in [7, 11) is 0. The minimum atomic E-state index is -0.349. The highest BCUT2D eigenvalue weighted by Crippen LogP contribution is 2.20. The molecule has 25 heavy (non-hydrogen) atoms. The van der Waals surface area contributed by atoms with Crippen molar-refractivity contribution in [1.82, 2.24) is 14.5 Å². The quantitative estimate of drug-likeness (QED) is 0.781. The van der Waals surface area contributed by atoms with Gasteiger partial charge >= 0.3 is 0 Å². The summed E-state index contributed by atoms with van der Waals surface area (Å²) in [6.07, 6.45) is 5.79. The Bertz CT molecular complexity index is 975. The zero-order valence-electron chi connectivity index (χ0n) is 13.4. The molecule has 0 unspecified atom stereocenters. The number of aromatic nitrogens is 2. The third-order valence-corrected chi connectivity index (χ3v) is 4.48. The lowest BCUT2D eigenvalue weighted by molar-refractivity contribution is 0.0734. The summed E-state index contributed by atoms with van der Waals surface area (Å²) < 4.78 is 14.6. The number of H-pyrrole nitrogens is 1. The third kappa shape index (κ3) is 2.87. The average molecular weight is 337 g/mol. The smallest absolute Gasteiger partial charge is 0.255 e. The van der Waals surface area contributed by atoms with Gasteiger partial charge in [-0.2, -0.15) is 0 Å². The van der Waals surface area contributed by atoms with Crippen molar-refractivity contribution in [3.8, 4) is 5.69 Å². The van der Waals surface area contributed by atoms with E-state index in [4.69, 9.17) is 0 Å². The minimum absolute atomic E-state index is 0.0357. The molecule has 6 heteroatoms. The molecule has 1 aromatic carbocycles. The van der Waals surface area contributed by atoms with Gasteiger partial charge in [-0.1, -0.05) is 0 Å². The number of pyridine rings is 1. The Morgan fingerprint density at radius 1 is 1.12 bits per heavy atom. The number of benzene rings is 1. The Morgan fingerprint density at radius 2 is 1.92 bits per heavy atom. The molecule has 1 aliphatic rings. The van der Waals surface area contributed by atoms with Gasteiger partial charge in [-0.3, -0.25) is 14.2 Å². The predicted molar refractivity (Wildman–Crippen MR) is 91.2 cm³/mol. The van der Waals surface area contributed by atoms with Crippen LogP contribution in [0.5, 0.6) is 0 Å². The van der Waals surface area contributed by atoms with E-state index in [0.717, 1.165) is 11.1 Å². The number of fused-ring (bicyclic) bond motifs is 1. The number of hydrogen-bond acceptors (Lipinski definition) is 2. The first kappa shape index (κ1) is 15.4. The second-order valence-electron chi connectivity index (χ2n) is 6.08. The summed E-state index contributed by atoms with van der Waals surface area (Å²) in [5.74, 6) is -0.385. The highest BCUT2D eigenvalue weighted by atomic mass is 19.1. The van der Waals surface area contributed by atoms with Gasteiger partial charge in [-0.25, -0.2) is 4.39 Å². The largest absolute Gasteiger partial charge is 0.367 e. The van der Waals surface area contributed by atoms with Crippen molar-refractivity contribution < 1.29 is 9.18 Å². The van der Waals surface area contributed by atoms with Gasteiger partial charge in [0.05, 0.1) is 5.56 Å². The van der Waals surface area contributed by atoms with Crippen LogP contribution in [0.15, 0.2) is 59.8 Å². The van der Waals surface area contributed by atoms with E-state index in [0.29, 0.717) is 30.8 Å². The maximum Gasteiger partial charge on any atom is 0.255 e. The number of nitrogens with zero attached hydrogens (tertiary/aromatic N) is 2. The van der Waals surface area contributed by atoms with Crippen molar-refractivity contribution in [2.75, 3.05) is 6.54 Å². The van der Waals surface area contributed by atoms with Gasteiger partial charge in [0.25, 0.3) is 11.5 Å². The molecule has 0 saturated carbocycles. The Morgan fingerprint density at radius 3 is 2.64 bits per heavy atom. The van der Waals surface area contributed by atoms with E-state index in [1.165, 1.54) is 16.7 Å². The lowest BCUT2D eigenvalue weighted by Crippen LogP contribution is -2.37. The van der Waals surface area contributed by atoms with Crippen LogP contribution in [0.3, 0.4) is 0 Å². The molecule has 0 saturated heterocycles. The van der Waals surface area contributed by atoms with Crippen LogP contribution in [0, 0.1) is 5.82 Å². The van der Waals surface area contributed by atoms with E-state index in [-0.39, 0.29) is 17.3 Å². The lowest BCUT2D eigenvalue weighted by atomic mass is 10.0. The first-order valence-electron chi connectivity index (χ1n) is 8.04. The fourth-order valence-electron chi connectivity index (χ4n) is 3.15. The second kappa shape index (κ2) is 6.05.